The summed E-state index contributed by atoms with van der Waals surface area (Å²) in [5.74, 6) is 0.937. The van der Waals surface area contributed by atoms with E-state index in [1.54, 1.807) is 24.3 Å². The highest BCUT2D eigenvalue weighted by Gasteiger charge is 2.06. The summed E-state index contributed by atoms with van der Waals surface area (Å²) < 4.78 is 10.6. The molecule has 0 bridgehead atoms. The Morgan fingerprint density at radius 1 is 1.04 bits per heavy atom. The average Bonchev–Trinajstić information content (AvgIpc) is 2.70. The monoisotopic (exact) mass is 343 g/mol. The van der Waals surface area contributed by atoms with E-state index >= 15 is 0 Å². The van der Waals surface area contributed by atoms with Gasteiger partial charge in [-0.25, -0.2) is 0 Å². The number of fused-ring (bicyclic) bond motifs is 1. The maximum absolute atomic E-state index is 12.4. The number of benzene rings is 3. The summed E-state index contributed by atoms with van der Waals surface area (Å²) in [5.41, 5.74) is 1.45. The van der Waals surface area contributed by atoms with Gasteiger partial charge in [0.1, 0.15) is 6.07 Å². The zero-order chi connectivity index (χ0) is 18.4. The number of ether oxygens (including phenoxy) is 2. The number of nitrogens with zero attached hydrogens (tertiary/aromatic N) is 1. The van der Waals surface area contributed by atoms with E-state index in [1.165, 1.54) is 13.2 Å². The summed E-state index contributed by atoms with van der Waals surface area (Å²) in [6, 6.07) is 20.8. The molecule has 3 rings (SSSR count). The van der Waals surface area contributed by atoms with Gasteiger partial charge in [0, 0.05) is 5.56 Å². The van der Waals surface area contributed by atoms with Crippen LogP contribution in [0.4, 0.5) is 0 Å². The largest absolute Gasteiger partial charge is 0.493 e. The van der Waals surface area contributed by atoms with Gasteiger partial charge in [0.25, 0.3) is 0 Å². The van der Waals surface area contributed by atoms with Gasteiger partial charge in [-0.05, 0) is 40.6 Å². The third-order valence-electron chi connectivity index (χ3n) is 3.94. The molecule has 0 aliphatic rings. The number of carbonyl (C=O) groups is 1. The van der Waals surface area contributed by atoms with Crippen LogP contribution in [0.15, 0.2) is 66.7 Å². The number of ketones is 1. The highest BCUT2D eigenvalue weighted by Crippen LogP contribution is 2.28. The number of hydrogen-bond acceptors (Lipinski definition) is 4. The Labute approximate surface area is 151 Å². The van der Waals surface area contributed by atoms with Gasteiger partial charge in [0.15, 0.2) is 23.9 Å². The fourth-order valence-corrected chi connectivity index (χ4v) is 2.63. The van der Waals surface area contributed by atoms with Gasteiger partial charge in [-0.1, -0.05) is 48.5 Å². The second-order valence-electron chi connectivity index (χ2n) is 5.62. The van der Waals surface area contributed by atoms with Gasteiger partial charge in [-0.2, -0.15) is 5.26 Å². The molecule has 128 valence electrons. The molecule has 3 aromatic rings. The summed E-state index contributed by atoms with van der Waals surface area (Å²) in [6.07, 6.45) is 3.27. The summed E-state index contributed by atoms with van der Waals surface area (Å²) >= 11 is 0. The van der Waals surface area contributed by atoms with Gasteiger partial charge in [-0.15, -0.1) is 0 Å². The first-order valence-electron chi connectivity index (χ1n) is 8.10. The van der Waals surface area contributed by atoms with E-state index in [9.17, 15) is 4.79 Å². The van der Waals surface area contributed by atoms with E-state index < -0.39 is 0 Å². The van der Waals surface area contributed by atoms with E-state index in [1.807, 2.05) is 48.5 Å². The van der Waals surface area contributed by atoms with Crippen molar-refractivity contribution in [3.8, 4) is 17.6 Å². The Bertz CT molecular complexity index is 1020. The molecule has 0 N–H and O–H groups in total. The minimum atomic E-state index is -0.0699. The third-order valence-corrected chi connectivity index (χ3v) is 3.94. The van der Waals surface area contributed by atoms with Crippen LogP contribution in [0.1, 0.15) is 15.9 Å². The highest BCUT2D eigenvalue weighted by atomic mass is 16.5. The van der Waals surface area contributed by atoms with Crippen molar-refractivity contribution in [3.63, 3.8) is 0 Å². The van der Waals surface area contributed by atoms with Crippen LogP contribution in [-0.2, 0) is 0 Å². The molecule has 3 aromatic carbocycles. The quantitative estimate of drug-likeness (QED) is 0.483. The van der Waals surface area contributed by atoms with Crippen LogP contribution >= 0.6 is 0 Å². The van der Waals surface area contributed by atoms with E-state index in [-0.39, 0.29) is 12.4 Å². The van der Waals surface area contributed by atoms with Gasteiger partial charge in [0.2, 0.25) is 0 Å². The second-order valence-corrected chi connectivity index (χ2v) is 5.62. The predicted molar refractivity (Wildman–Crippen MR) is 101 cm³/mol. The molecule has 0 aliphatic heterocycles. The number of nitriles is 1. The van der Waals surface area contributed by atoms with Gasteiger partial charge < -0.3 is 9.47 Å². The minimum Gasteiger partial charge on any atom is -0.493 e. The Kier molecular flexibility index (Phi) is 5.31. The molecule has 0 atom stereocenters. The van der Waals surface area contributed by atoms with Crippen LogP contribution in [-0.4, -0.2) is 19.5 Å². The van der Waals surface area contributed by atoms with Gasteiger partial charge in [0.05, 0.1) is 7.11 Å². The Hall–Kier alpha value is -3.58. The Morgan fingerprint density at radius 3 is 2.62 bits per heavy atom. The molecule has 0 radical (unpaired) electrons. The molecule has 26 heavy (non-hydrogen) atoms. The van der Waals surface area contributed by atoms with E-state index in [4.69, 9.17) is 14.7 Å². The van der Waals surface area contributed by atoms with Crippen LogP contribution in [0.3, 0.4) is 0 Å². The van der Waals surface area contributed by atoms with Crippen molar-refractivity contribution in [2.24, 2.45) is 0 Å². The molecule has 0 amide bonds. The zero-order valence-corrected chi connectivity index (χ0v) is 14.3. The van der Waals surface area contributed by atoms with Crippen molar-refractivity contribution in [3.05, 3.63) is 77.9 Å². The van der Waals surface area contributed by atoms with Crippen molar-refractivity contribution in [1.82, 2.24) is 0 Å². The normalized spacial score (nSPS) is 10.6. The number of carbonyl (C=O) groups excluding carboxylic acids is 1. The smallest absolute Gasteiger partial charge is 0.185 e. The first kappa shape index (κ1) is 17.2. The molecule has 0 saturated carbocycles. The average molecular weight is 343 g/mol. The maximum atomic E-state index is 12.4. The molecule has 0 unspecified atom stereocenters. The molecule has 0 saturated heterocycles. The number of hydrogen-bond donors (Lipinski definition) is 0. The molecule has 0 fully saturated rings. The molecule has 0 aliphatic carbocycles. The number of allylic oxidation sites excluding steroid dienone is 1. The number of methoxy groups -OCH3 is 1. The molecule has 0 spiro atoms. The molecular weight excluding hydrogens is 326 g/mol. The molecule has 0 aromatic heterocycles. The SMILES string of the molecule is COc1cc(/C=C/C(=O)c2ccc3ccccc3c2)ccc1OCC#N. The fraction of sp³-hybridized carbons (Fsp3) is 0.0909. The number of rotatable bonds is 6. The van der Waals surface area contributed by atoms with Crippen LogP contribution in [0.25, 0.3) is 16.8 Å². The zero-order valence-electron chi connectivity index (χ0n) is 14.3. The van der Waals surface area contributed by atoms with Gasteiger partial charge >= 0.3 is 0 Å². The van der Waals surface area contributed by atoms with Crippen molar-refractivity contribution >= 4 is 22.6 Å². The molecule has 0 heterocycles. The lowest BCUT2D eigenvalue weighted by Gasteiger charge is -2.08. The Morgan fingerprint density at radius 2 is 1.85 bits per heavy atom. The van der Waals surface area contributed by atoms with Crippen molar-refractivity contribution in [1.29, 1.82) is 5.26 Å². The summed E-state index contributed by atoms with van der Waals surface area (Å²) in [7, 11) is 1.53. The summed E-state index contributed by atoms with van der Waals surface area (Å²) in [5, 5.41) is 10.7. The first-order valence-corrected chi connectivity index (χ1v) is 8.10. The topological polar surface area (TPSA) is 59.3 Å². The summed E-state index contributed by atoms with van der Waals surface area (Å²) in [4.78, 5) is 12.4. The van der Waals surface area contributed by atoms with Crippen molar-refractivity contribution in [2.75, 3.05) is 13.7 Å². The predicted octanol–water partition coefficient (Wildman–Crippen LogP) is 4.65. The standard InChI is InChI=1S/C22H17NO3/c1-25-22-14-16(7-11-21(22)26-13-12-23)6-10-20(24)19-9-8-17-4-2-3-5-18(17)15-19/h2-11,14-15H,13H2,1H3/b10-6+. The third kappa shape index (κ3) is 3.90. The van der Waals surface area contributed by atoms with Crippen LogP contribution in [0, 0.1) is 11.3 Å². The van der Waals surface area contributed by atoms with Crippen molar-refractivity contribution < 1.29 is 14.3 Å². The van der Waals surface area contributed by atoms with E-state index in [0.29, 0.717) is 17.1 Å². The lowest BCUT2D eigenvalue weighted by Crippen LogP contribution is -1.97. The van der Waals surface area contributed by atoms with E-state index in [0.717, 1.165) is 16.3 Å². The fourth-order valence-electron chi connectivity index (χ4n) is 2.63. The molecule has 4 heteroatoms. The van der Waals surface area contributed by atoms with Crippen molar-refractivity contribution in [2.45, 2.75) is 0 Å². The van der Waals surface area contributed by atoms with Crippen LogP contribution in [0.2, 0.25) is 0 Å². The van der Waals surface area contributed by atoms with Crippen LogP contribution < -0.4 is 9.47 Å². The highest BCUT2D eigenvalue weighted by molar-refractivity contribution is 6.08. The summed E-state index contributed by atoms with van der Waals surface area (Å²) in [6.45, 7) is -0.0496. The molecular formula is C22H17NO3. The lowest BCUT2D eigenvalue weighted by atomic mass is 10.0. The molecule has 4 nitrogen and oxygen atoms in total. The maximum Gasteiger partial charge on any atom is 0.185 e. The van der Waals surface area contributed by atoms with E-state index in [2.05, 4.69) is 0 Å². The second kappa shape index (κ2) is 8.00. The van der Waals surface area contributed by atoms with Gasteiger partial charge in [-0.3, -0.25) is 4.79 Å². The Balaban J connectivity index is 1.79. The first-order chi connectivity index (χ1) is 12.7. The lowest BCUT2D eigenvalue weighted by molar-refractivity contribution is 0.104. The minimum absolute atomic E-state index is 0.0496. The van der Waals surface area contributed by atoms with Crippen LogP contribution in [0.5, 0.6) is 11.5 Å².